The number of nitrogens with zero attached hydrogens (tertiary/aromatic N) is 2. The molecule has 1 aliphatic rings. The summed E-state index contributed by atoms with van der Waals surface area (Å²) in [4.78, 5) is 28.5. The number of benzene rings is 3. The molecule has 0 aliphatic carbocycles. The van der Waals surface area contributed by atoms with Crippen LogP contribution in [-0.4, -0.2) is 86.3 Å². The summed E-state index contributed by atoms with van der Waals surface area (Å²) in [5, 5.41) is 19.1. The van der Waals surface area contributed by atoms with Crippen molar-refractivity contribution in [2.75, 3.05) is 38.6 Å². The van der Waals surface area contributed by atoms with Gasteiger partial charge in [0.15, 0.2) is 0 Å². The molecule has 44 heavy (non-hydrogen) atoms. The third-order valence-electron chi connectivity index (χ3n) is 7.68. The number of amides is 1. The molecule has 1 amide bonds. The van der Waals surface area contributed by atoms with E-state index in [-0.39, 0.29) is 47.1 Å². The molecule has 3 atom stereocenters. The van der Waals surface area contributed by atoms with Crippen molar-refractivity contribution in [1.29, 1.82) is 0 Å². The molecule has 1 aliphatic heterocycles. The van der Waals surface area contributed by atoms with Crippen LogP contribution in [0.25, 0.3) is 0 Å². The maximum atomic E-state index is 13.5. The summed E-state index contributed by atoms with van der Waals surface area (Å²) in [7, 11) is -0.483. The van der Waals surface area contributed by atoms with Crippen LogP contribution in [0.4, 0.5) is 5.69 Å². The predicted octanol–water partition coefficient (Wildman–Crippen LogP) is 3.48. The van der Waals surface area contributed by atoms with Gasteiger partial charge in [0, 0.05) is 36.8 Å². The molecule has 12 heteroatoms. The number of carboxylic acids is 1. The minimum absolute atomic E-state index is 0.0387. The van der Waals surface area contributed by atoms with Crippen LogP contribution in [-0.2, 0) is 27.8 Å². The lowest BCUT2D eigenvalue weighted by Crippen LogP contribution is -2.47. The van der Waals surface area contributed by atoms with Crippen LogP contribution in [0.1, 0.15) is 35.3 Å². The van der Waals surface area contributed by atoms with E-state index in [1.807, 2.05) is 14.0 Å². The number of carbonyl (C=O) groups excluding carboxylic acids is 1. The Morgan fingerprint density at radius 3 is 2.43 bits per heavy atom. The predicted molar refractivity (Wildman–Crippen MR) is 166 cm³/mol. The number of aliphatic hydroxyl groups excluding tert-OH is 1. The van der Waals surface area contributed by atoms with Crippen molar-refractivity contribution in [1.82, 2.24) is 9.80 Å². The van der Waals surface area contributed by atoms with Crippen LogP contribution in [0.3, 0.4) is 0 Å². The van der Waals surface area contributed by atoms with E-state index in [0.717, 1.165) is 5.56 Å². The van der Waals surface area contributed by atoms with Crippen molar-refractivity contribution < 1.29 is 37.7 Å². The molecule has 0 saturated carbocycles. The monoisotopic (exact) mass is 625 g/mol. The molecule has 4 rings (SSSR count). The molecule has 0 spiro atoms. The maximum Gasteiger partial charge on any atom is 0.335 e. The van der Waals surface area contributed by atoms with Gasteiger partial charge in [-0.05, 0) is 74.1 Å². The van der Waals surface area contributed by atoms with E-state index in [4.69, 9.17) is 9.47 Å². The number of hydrogen-bond donors (Lipinski definition) is 3. The molecule has 3 N–H and O–H groups in total. The summed E-state index contributed by atoms with van der Waals surface area (Å²) >= 11 is 0. The Kier molecular flexibility index (Phi) is 10.5. The van der Waals surface area contributed by atoms with E-state index in [0.29, 0.717) is 36.7 Å². The number of fused-ring (bicyclic) bond motifs is 1. The van der Waals surface area contributed by atoms with Crippen molar-refractivity contribution in [3.8, 4) is 11.5 Å². The van der Waals surface area contributed by atoms with Gasteiger partial charge in [-0.1, -0.05) is 19.1 Å². The zero-order valence-electron chi connectivity index (χ0n) is 25.3. The van der Waals surface area contributed by atoms with Gasteiger partial charge in [0.25, 0.3) is 10.0 Å². The molecule has 3 aromatic rings. The summed E-state index contributed by atoms with van der Waals surface area (Å²) in [6.45, 7) is 4.96. The number of hydrogen-bond acceptors (Lipinski definition) is 8. The highest BCUT2D eigenvalue weighted by molar-refractivity contribution is 7.92. The molecule has 0 aromatic heterocycles. The number of anilines is 1. The average Bonchev–Trinajstić information content (AvgIpc) is 3.04. The van der Waals surface area contributed by atoms with E-state index >= 15 is 0 Å². The van der Waals surface area contributed by atoms with Crippen LogP contribution in [0.15, 0.2) is 71.6 Å². The third-order valence-corrected chi connectivity index (χ3v) is 9.08. The van der Waals surface area contributed by atoms with Crippen LogP contribution in [0.5, 0.6) is 11.5 Å². The fraction of sp³-hybridized carbons (Fsp3) is 0.375. The highest BCUT2D eigenvalue weighted by Gasteiger charge is 2.31. The Morgan fingerprint density at radius 2 is 1.82 bits per heavy atom. The van der Waals surface area contributed by atoms with Crippen molar-refractivity contribution >= 4 is 27.6 Å². The van der Waals surface area contributed by atoms with Gasteiger partial charge >= 0.3 is 5.97 Å². The first kappa shape index (κ1) is 32.8. The van der Waals surface area contributed by atoms with E-state index in [9.17, 15) is 28.2 Å². The van der Waals surface area contributed by atoms with Crippen molar-refractivity contribution in [2.45, 2.75) is 43.9 Å². The number of aliphatic hydroxyl groups is 1. The molecule has 0 fully saturated rings. The van der Waals surface area contributed by atoms with Crippen LogP contribution in [0.2, 0.25) is 0 Å². The van der Waals surface area contributed by atoms with E-state index in [1.54, 1.807) is 66.4 Å². The van der Waals surface area contributed by atoms with Gasteiger partial charge in [-0.3, -0.25) is 14.4 Å². The highest BCUT2D eigenvalue weighted by atomic mass is 32.2. The number of sulfonamides is 1. The van der Waals surface area contributed by atoms with Gasteiger partial charge in [-0.2, -0.15) is 0 Å². The Balaban J connectivity index is 1.60. The number of carbonyl (C=O) groups is 2. The summed E-state index contributed by atoms with van der Waals surface area (Å²) in [6, 6.07) is 17.2. The molecular weight excluding hydrogens is 586 g/mol. The maximum absolute atomic E-state index is 13.5. The lowest BCUT2D eigenvalue weighted by atomic mass is 10.0. The lowest BCUT2D eigenvalue weighted by Gasteiger charge is -2.34. The zero-order valence-corrected chi connectivity index (χ0v) is 26.1. The average molecular weight is 626 g/mol. The number of carboxylic acid groups (broad SMARTS) is 1. The first-order valence-electron chi connectivity index (χ1n) is 14.3. The molecule has 11 nitrogen and oxygen atoms in total. The number of aromatic carboxylic acids is 1. The molecule has 0 saturated heterocycles. The van der Waals surface area contributed by atoms with Crippen LogP contribution in [0, 0.1) is 5.92 Å². The normalized spacial score (nSPS) is 18.0. The first-order chi connectivity index (χ1) is 20.9. The zero-order chi connectivity index (χ0) is 32.0. The Bertz CT molecular complexity index is 1560. The molecular formula is C32H39N3O8S. The van der Waals surface area contributed by atoms with Gasteiger partial charge in [-0.15, -0.1) is 0 Å². The molecule has 1 heterocycles. The van der Waals surface area contributed by atoms with Gasteiger partial charge < -0.3 is 24.6 Å². The fourth-order valence-corrected chi connectivity index (χ4v) is 6.17. The second-order valence-corrected chi connectivity index (χ2v) is 12.9. The first-order valence-corrected chi connectivity index (χ1v) is 15.8. The fourth-order valence-electron chi connectivity index (χ4n) is 5.12. The van der Waals surface area contributed by atoms with Crippen LogP contribution < -0.4 is 14.2 Å². The van der Waals surface area contributed by atoms with Crippen LogP contribution >= 0.6 is 0 Å². The number of nitrogens with one attached hydrogen (secondary N) is 1. The quantitative estimate of drug-likeness (QED) is 0.292. The number of ether oxygens (including phenoxy) is 2. The molecule has 0 radical (unpaired) electrons. The molecule has 0 unspecified atom stereocenters. The van der Waals surface area contributed by atoms with Gasteiger partial charge in [0.1, 0.15) is 17.6 Å². The van der Waals surface area contributed by atoms with Crippen molar-refractivity contribution in [3.05, 3.63) is 83.4 Å². The van der Waals surface area contributed by atoms with Crippen molar-refractivity contribution in [2.24, 2.45) is 5.92 Å². The van der Waals surface area contributed by atoms with Gasteiger partial charge in [0.2, 0.25) is 5.91 Å². The minimum atomic E-state index is -3.92. The molecule has 0 bridgehead atoms. The van der Waals surface area contributed by atoms with Gasteiger partial charge in [0.05, 0.1) is 36.6 Å². The largest absolute Gasteiger partial charge is 0.497 e. The topological polar surface area (TPSA) is 146 Å². The molecule has 3 aromatic carbocycles. The second kappa shape index (κ2) is 14.1. The number of methoxy groups -OCH3 is 1. The standard InChI is InChI=1S/C32H39N3O8S/c1-21-17-35(22(2)20-36)31(37)16-25-15-26(33-44(40,41)28-12-10-27(42-4)11-13-28)9-14-29(25)43-30(21)19-34(3)18-23-5-7-24(8-6-23)32(38)39/h5-15,21-22,30,33,36H,16-20H2,1-4H3,(H,38,39)/t21-,22-,30-/m0/s1. The molecule has 236 valence electrons. The SMILES string of the molecule is COc1ccc(S(=O)(=O)Nc2ccc3c(c2)CC(=O)N([C@@H](C)CO)C[C@H](C)[C@H](CN(C)Cc2ccc(C(=O)O)cc2)O3)cc1. The van der Waals surface area contributed by atoms with Gasteiger partial charge in [-0.25, -0.2) is 13.2 Å². The minimum Gasteiger partial charge on any atom is -0.497 e. The summed E-state index contributed by atoms with van der Waals surface area (Å²) < 4.78 is 40.4. The Hall–Kier alpha value is -4.13. The van der Waals surface area contributed by atoms with E-state index in [1.165, 1.54) is 19.2 Å². The lowest BCUT2D eigenvalue weighted by molar-refractivity contribution is -0.134. The Morgan fingerprint density at radius 1 is 1.14 bits per heavy atom. The smallest absolute Gasteiger partial charge is 0.335 e. The number of likely N-dealkylation sites (N-methyl/N-ethyl adjacent to an activating group) is 1. The van der Waals surface area contributed by atoms with E-state index in [2.05, 4.69) is 9.62 Å². The summed E-state index contributed by atoms with van der Waals surface area (Å²) in [5.41, 5.74) is 1.96. The third kappa shape index (κ3) is 8.07. The van der Waals surface area contributed by atoms with Crippen molar-refractivity contribution in [3.63, 3.8) is 0 Å². The Labute approximate surface area is 258 Å². The summed E-state index contributed by atoms with van der Waals surface area (Å²) in [6.07, 6.45) is -0.402. The summed E-state index contributed by atoms with van der Waals surface area (Å²) in [5.74, 6) is -0.302. The second-order valence-electron chi connectivity index (χ2n) is 11.2. The highest BCUT2D eigenvalue weighted by Crippen LogP contribution is 2.30. The van der Waals surface area contributed by atoms with E-state index < -0.39 is 22.0 Å². The number of rotatable bonds is 11.